The number of hydrogen-bond acceptors (Lipinski definition) is 5. The number of alkyl carbamates (subject to hydrolysis) is 1. The average Bonchev–Trinajstić information content (AvgIpc) is 2.49. The molecular weight excluding hydrogens is 260 g/mol. The van der Waals surface area contributed by atoms with Gasteiger partial charge >= 0.3 is 12.1 Å². The van der Waals surface area contributed by atoms with Crippen LogP contribution in [0, 0.1) is 0 Å². The predicted octanol–water partition coefficient (Wildman–Crippen LogP) is 1.06. The number of rotatable bonds is 7. The summed E-state index contributed by atoms with van der Waals surface area (Å²) in [6, 6.07) is 9.03. The van der Waals surface area contributed by atoms with E-state index in [-0.39, 0.29) is 12.6 Å². The smallest absolute Gasteiger partial charge is 0.407 e. The highest BCUT2D eigenvalue weighted by Gasteiger charge is 2.11. The Bertz CT molecular complexity index is 422. The molecular formula is C14H20N2O4. The Labute approximate surface area is 118 Å². The highest BCUT2D eigenvalue weighted by Crippen LogP contribution is 2.00. The van der Waals surface area contributed by atoms with Gasteiger partial charge in [0.05, 0.1) is 7.11 Å². The van der Waals surface area contributed by atoms with Crippen LogP contribution in [0.15, 0.2) is 30.3 Å². The summed E-state index contributed by atoms with van der Waals surface area (Å²) in [4.78, 5) is 22.5. The van der Waals surface area contributed by atoms with Crippen molar-refractivity contribution in [3.05, 3.63) is 35.9 Å². The molecule has 0 unspecified atom stereocenters. The van der Waals surface area contributed by atoms with Crippen LogP contribution in [-0.4, -0.2) is 38.3 Å². The summed E-state index contributed by atoms with van der Waals surface area (Å²) >= 11 is 0. The van der Waals surface area contributed by atoms with E-state index >= 15 is 0 Å². The van der Waals surface area contributed by atoms with Crippen LogP contribution in [0.2, 0.25) is 0 Å². The van der Waals surface area contributed by atoms with Gasteiger partial charge in [0.1, 0.15) is 12.6 Å². The lowest BCUT2D eigenvalue weighted by Gasteiger charge is -2.12. The Kier molecular flexibility index (Phi) is 7.13. The van der Waals surface area contributed by atoms with Gasteiger partial charge < -0.3 is 20.1 Å². The molecule has 6 heteroatoms. The van der Waals surface area contributed by atoms with Gasteiger partial charge in [-0.2, -0.15) is 0 Å². The zero-order valence-electron chi connectivity index (χ0n) is 11.7. The molecule has 0 fully saturated rings. The number of nitrogens with one attached hydrogen (secondary N) is 2. The fourth-order valence-electron chi connectivity index (χ4n) is 1.49. The van der Waals surface area contributed by atoms with E-state index < -0.39 is 12.1 Å². The highest BCUT2D eigenvalue weighted by molar-refractivity contribution is 5.75. The summed E-state index contributed by atoms with van der Waals surface area (Å²) in [5.74, 6) is -0.336. The molecule has 1 amide bonds. The number of benzene rings is 1. The van der Waals surface area contributed by atoms with Crippen molar-refractivity contribution in [2.45, 2.75) is 19.6 Å². The number of carbonyl (C=O) groups excluding carboxylic acids is 2. The molecule has 20 heavy (non-hydrogen) atoms. The van der Waals surface area contributed by atoms with Crippen molar-refractivity contribution in [3.63, 3.8) is 0 Å². The number of methoxy groups -OCH3 is 1. The lowest BCUT2D eigenvalue weighted by molar-refractivity contribution is -0.142. The summed E-state index contributed by atoms with van der Waals surface area (Å²) in [6.45, 7) is 2.75. The molecule has 1 atom stereocenters. The van der Waals surface area contributed by atoms with Gasteiger partial charge in [0.15, 0.2) is 0 Å². The second-order valence-electron chi connectivity index (χ2n) is 4.19. The summed E-state index contributed by atoms with van der Waals surface area (Å²) in [7, 11) is 1.33. The molecule has 0 aromatic heterocycles. The number of hydrogen-bond donors (Lipinski definition) is 2. The van der Waals surface area contributed by atoms with E-state index in [2.05, 4.69) is 15.4 Å². The summed E-state index contributed by atoms with van der Waals surface area (Å²) in [6.07, 6.45) is -0.485. The molecule has 110 valence electrons. The van der Waals surface area contributed by atoms with Crippen LogP contribution in [0.4, 0.5) is 4.79 Å². The third-order valence-electron chi connectivity index (χ3n) is 2.61. The number of esters is 1. The van der Waals surface area contributed by atoms with Crippen molar-refractivity contribution in [1.29, 1.82) is 0 Å². The van der Waals surface area contributed by atoms with Gasteiger partial charge in [0, 0.05) is 13.1 Å². The van der Waals surface area contributed by atoms with Crippen molar-refractivity contribution in [1.82, 2.24) is 10.6 Å². The normalized spacial score (nSPS) is 11.5. The van der Waals surface area contributed by atoms with E-state index in [0.717, 1.165) is 5.56 Å². The monoisotopic (exact) mass is 280 g/mol. The predicted molar refractivity (Wildman–Crippen MR) is 74.1 cm³/mol. The molecule has 1 aromatic carbocycles. The van der Waals surface area contributed by atoms with E-state index in [1.807, 2.05) is 30.3 Å². The zero-order chi connectivity index (χ0) is 14.8. The Morgan fingerprint density at radius 2 is 1.90 bits per heavy atom. The molecule has 0 aliphatic rings. The van der Waals surface area contributed by atoms with Gasteiger partial charge in [-0.3, -0.25) is 4.79 Å². The number of ether oxygens (including phenoxy) is 2. The molecule has 1 rings (SSSR count). The van der Waals surface area contributed by atoms with Crippen molar-refractivity contribution < 1.29 is 19.1 Å². The first-order valence-electron chi connectivity index (χ1n) is 6.39. The fraction of sp³-hybridized carbons (Fsp3) is 0.429. The van der Waals surface area contributed by atoms with Crippen LogP contribution in [0.1, 0.15) is 12.5 Å². The number of carbonyl (C=O) groups is 2. The quantitative estimate of drug-likeness (QED) is 0.577. The maximum atomic E-state index is 11.4. The van der Waals surface area contributed by atoms with Crippen molar-refractivity contribution in [3.8, 4) is 0 Å². The molecule has 0 radical (unpaired) electrons. The average molecular weight is 280 g/mol. The first kappa shape index (κ1) is 16.0. The largest absolute Gasteiger partial charge is 0.468 e. The lowest BCUT2D eigenvalue weighted by Crippen LogP contribution is -2.40. The summed E-state index contributed by atoms with van der Waals surface area (Å²) < 4.78 is 9.60. The zero-order valence-corrected chi connectivity index (χ0v) is 11.7. The second kappa shape index (κ2) is 8.92. The standard InChI is InChI=1S/C14H20N2O4/c1-11(13(17)19-2)15-8-9-16-14(18)20-10-12-6-4-3-5-7-12/h3-7,11,15H,8-10H2,1-2H3,(H,16,18)/t11-/m0/s1. The Morgan fingerprint density at radius 3 is 2.55 bits per heavy atom. The van der Waals surface area contributed by atoms with Crippen LogP contribution in [0.5, 0.6) is 0 Å². The van der Waals surface area contributed by atoms with Crippen LogP contribution in [0.25, 0.3) is 0 Å². The maximum Gasteiger partial charge on any atom is 0.407 e. The van der Waals surface area contributed by atoms with E-state index in [1.54, 1.807) is 6.92 Å². The van der Waals surface area contributed by atoms with Crippen LogP contribution >= 0.6 is 0 Å². The molecule has 0 heterocycles. The van der Waals surface area contributed by atoms with Crippen molar-refractivity contribution in [2.24, 2.45) is 0 Å². The minimum absolute atomic E-state index is 0.235. The van der Waals surface area contributed by atoms with Gasteiger partial charge in [-0.25, -0.2) is 4.79 Å². The van der Waals surface area contributed by atoms with Gasteiger partial charge in [-0.1, -0.05) is 30.3 Å². The molecule has 2 N–H and O–H groups in total. The molecule has 6 nitrogen and oxygen atoms in total. The van der Waals surface area contributed by atoms with Gasteiger partial charge in [0.2, 0.25) is 0 Å². The first-order valence-corrected chi connectivity index (χ1v) is 6.39. The van der Waals surface area contributed by atoms with E-state index in [0.29, 0.717) is 13.1 Å². The second-order valence-corrected chi connectivity index (χ2v) is 4.19. The Hall–Kier alpha value is -2.08. The van der Waals surface area contributed by atoms with Crippen LogP contribution in [-0.2, 0) is 20.9 Å². The van der Waals surface area contributed by atoms with E-state index in [9.17, 15) is 9.59 Å². The minimum Gasteiger partial charge on any atom is -0.468 e. The third kappa shape index (κ3) is 6.19. The molecule has 0 aliphatic carbocycles. The summed E-state index contributed by atoms with van der Waals surface area (Å²) in [5, 5.41) is 5.51. The summed E-state index contributed by atoms with van der Waals surface area (Å²) in [5.41, 5.74) is 0.931. The van der Waals surface area contributed by atoms with Crippen LogP contribution < -0.4 is 10.6 Å². The van der Waals surface area contributed by atoms with Crippen LogP contribution in [0.3, 0.4) is 0 Å². The van der Waals surface area contributed by atoms with E-state index in [4.69, 9.17) is 4.74 Å². The van der Waals surface area contributed by atoms with E-state index in [1.165, 1.54) is 7.11 Å². The lowest BCUT2D eigenvalue weighted by atomic mass is 10.2. The van der Waals surface area contributed by atoms with Gasteiger partial charge in [-0.15, -0.1) is 0 Å². The SMILES string of the molecule is COC(=O)[C@H](C)NCCNC(=O)OCc1ccccc1. The molecule has 0 bridgehead atoms. The minimum atomic E-state index is -0.485. The topological polar surface area (TPSA) is 76.7 Å². The molecule has 0 spiro atoms. The maximum absolute atomic E-state index is 11.4. The third-order valence-corrected chi connectivity index (χ3v) is 2.61. The van der Waals surface area contributed by atoms with Gasteiger partial charge in [-0.05, 0) is 12.5 Å². The molecule has 0 aliphatic heterocycles. The van der Waals surface area contributed by atoms with Gasteiger partial charge in [0.25, 0.3) is 0 Å². The molecule has 0 saturated carbocycles. The fourth-order valence-corrected chi connectivity index (χ4v) is 1.49. The highest BCUT2D eigenvalue weighted by atomic mass is 16.5. The first-order chi connectivity index (χ1) is 9.63. The molecule has 1 aromatic rings. The van der Waals surface area contributed by atoms with Crippen molar-refractivity contribution >= 4 is 12.1 Å². The van der Waals surface area contributed by atoms with Crippen molar-refractivity contribution in [2.75, 3.05) is 20.2 Å². The number of amides is 1. The Balaban J connectivity index is 2.10. The Morgan fingerprint density at radius 1 is 1.20 bits per heavy atom. The molecule has 0 saturated heterocycles.